The van der Waals surface area contributed by atoms with Crippen molar-refractivity contribution in [2.24, 2.45) is 0 Å². The van der Waals surface area contributed by atoms with Gasteiger partial charge in [0.25, 0.3) is 0 Å². The van der Waals surface area contributed by atoms with Crippen LogP contribution in [0.4, 0.5) is 0 Å². The molecule has 1 N–H and O–H groups in total. The van der Waals surface area contributed by atoms with Gasteiger partial charge in [0.2, 0.25) is 0 Å². The lowest BCUT2D eigenvalue weighted by Gasteiger charge is -2.35. The second kappa shape index (κ2) is 8.14. The van der Waals surface area contributed by atoms with Crippen LogP contribution in [0.25, 0.3) is 0 Å². The van der Waals surface area contributed by atoms with E-state index in [1.54, 1.807) is 0 Å². The number of hydrogen-bond donors (Lipinski definition) is 1. The van der Waals surface area contributed by atoms with Crippen LogP contribution in [0.2, 0.25) is 5.02 Å². The Labute approximate surface area is 134 Å². The van der Waals surface area contributed by atoms with Crippen molar-refractivity contribution < 1.29 is 0 Å². The molecular weight excluding hydrogens is 282 g/mol. The largest absolute Gasteiger partial charge is 0.309 e. The van der Waals surface area contributed by atoms with Crippen molar-refractivity contribution >= 4 is 11.6 Å². The first-order valence-electron chi connectivity index (χ1n) is 7.99. The summed E-state index contributed by atoms with van der Waals surface area (Å²) in [4.78, 5) is 4.95. The Morgan fingerprint density at radius 2 is 1.95 bits per heavy atom. The number of nitrogens with zero attached hydrogens (tertiary/aromatic N) is 2. The molecule has 2 rings (SSSR count). The van der Waals surface area contributed by atoms with E-state index in [0.717, 1.165) is 31.1 Å². The highest BCUT2D eigenvalue weighted by molar-refractivity contribution is 6.30. The molecule has 0 saturated carbocycles. The summed E-state index contributed by atoms with van der Waals surface area (Å²) in [6.07, 6.45) is 2.39. The van der Waals surface area contributed by atoms with Gasteiger partial charge in [0.05, 0.1) is 0 Å². The molecule has 2 atom stereocenters. The van der Waals surface area contributed by atoms with Crippen molar-refractivity contribution in [3.05, 3.63) is 34.9 Å². The lowest BCUT2D eigenvalue weighted by Crippen LogP contribution is -2.47. The van der Waals surface area contributed by atoms with Gasteiger partial charge in [0.15, 0.2) is 0 Å². The second-order valence-electron chi connectivity index (χ2n) is 6.15. The standard InChI is InChI=1S/C17H28ClN3/c1-4-10-19-17(14-6-8-15(18)9-7-14)16-13-20(2)11-5-12-21(16)3/h6-9,16-17,19H,4-5,10-13H2,1-3H3. The van der Waals surface area contributed by atoms with E-state index in [0.29, 0.717) is 12.1 Å². The zero-order valence-corrected chi connectivity index (χ0v) is 14.2. The predicted octanol–water partition coefficient (Wildman–Crippen LogP) is 3.02. The van der Waals surface area contributed by atoms with Crippen LogP contribution in [0.3, 0.4) is 0 Å². The number of rotatable bonds is 5. The topological polar surface area (TPSA) is 18.5 Å². The van der Waals surface area contributed by atoms with Gasteiger partial charge in [0, 0.05) is 23.7 Å². The van der Waals surface area contributed by atoms with Crippen molar-refractivity contribution in [2.75, 3.05) is 40.3 Å². The van der Waals surface area contributed by atoms with Crippen LogP contribution in [0, 0.1) is 0 Å². The fourth-order valence-electron chi connectivity index (χ4n) is 3.11. The van der Waals surface area contributed by atoms with E-state index in [9.17, 15) is 0 Å². The first-order chi connectivity index (χ1) is 10.1. The van der Waals surface area contributed by atoms with Crippen LogP contribution in [0.5, 0.6) is 0 Å². The number of hydrogen-bond acceptors (Lipinski definition) is 3. The monoisotopic (exact) mass is 309 g/mol. The van der Waals surface area contributed by atoms with E-state index in [-0.39, 0.29) is 0 Å². The van der Waals surface area contributed by atoms with Crippen LogP contribution in [-0.4, -0.2) is 56.1 Å². The van der Waals surface area contributed by atoms with Crippen LogP contribution >= 0.6 is 11.6 Å². The molecular formula is C17H28ClN3. The third-order valence-corrected chi connectivity index (χ3v) is 4.60. The summed E-state index contributed by atoms with van der Waals surface area (Å²) in [7, 11) is 4.48. The molecule has 0 bridgehead atoms. The number of halogens is 1. The van der Waals surface area contributed by atoms with Crippen LogP contribution < -0.4 is 5.32 Å². The molecule has 0 aromatic heterocycles. The number of benzene rings is 1. The SMILES string of the molecule is CCCNC(c1ccc(Cl)cc1)C1CN(C)CCCN1C. The molecule has 0 aliphatic carbocycles. The molecule has 21 heavy (non-hydrogen) atoms. The summed E-state index contributed by atoms with van der Waals surface area (Å²) >= 11 is 6.05. The number of nitrogens with one attached hydrogen (secondary N) is 1. The minimum absolute atomic E-state index is 0.354. The zero-order chi connectivity index (χ0) is 15.2. The van der Waals surface area contributed by atoms with E-state index in [4.69, 9.17) is 11.6 Å². The van der Waals surface area contributed by atoms with E-state index >= 15 is 0 Å². The van der Waals surface area contributed by atoms with Crippen molar-refractivity contribution in [3.8, 4) is 0 Å². The molecule has 1 aromatic rings. The first kappa shape index (κ1) is 16.8. The molecule has 1 aliphatic heterocycles. The average molecular weight is 310 g/mol. The highest BCUT2D eigenvalue weighted by Gasteiger charge is 2.29. The van der Waals surface area contributed by atoms with Gasteiger partial charge < -0.3 is 15.1 Å². The smallest absolute Gasteiger partial charge is 0.0490 e. The van der Waals surface area contributed by atoms with Gasteiger partial charge in [-0.3, -0.25) is 0 Å². The Kier molecular flexibility index (Phi) is 6.49. The fourth-order valence-corrected chi connectivity index (χ4v) is 3.24. The molecule has 118 valence electrons. The summed E-state index contributed by atoms with van der Waals surface area (Å²) in [6.45, 7) is 6.70. The molecule has 1 heterocycles. The number of likely N-dealkylation sites (N-methyl/N-ethyl adjacent to an activating group) is 2. The van der Waals surface area contributed by atoms with E-state index in [1.165, 1.54) is 18.5 Å². The molecule has 1 fully saturated rings. The van der Waals surface area contributed by atoms with Crippen LogP contribution in [0.1, 0.15) is 31.4 Å². The van der Waals surface area contributed by atoms with Crippen molar-refractivity contribution in [1.82, 2.24) is 15.1 Å². The van der Waals surface area contributed by atoms with Crippen molar-refractivity contribution in [1.29, 1.82) is 0 Å². The van der Waals surface area contributed by atoms with Gasteiger partial charge in [-0.1, -0.05) is 30.7 Å². The first-order valence-corrected chi connectivity index (χ1v) is 8.37. The van der Waals surface area contributed by atoms with Gasteiger partial charge >= 0.3 is 0 Å². The Bertz CT molecular complexity index is 421. The van der Waals surface area contributed by atoms with Crippen LogP contribution in [-0.2, 0) is 0 Å². The predicted molar refractivity (Wildman–Crippen MR) is 91.0 cm³/mol. The molecule has 4 heteroatoms. The Morgan fingerprint density at radius 3 is 2.62 bits per heavy atom. The van der Waals surface area contributed by atoms with E-state index in [2.05, 4.69) is 48.3 Å². The average Bonchev–Trinajstić information content (AvgIpc) is 2.63. The highest BCUT2D eigenvalue weighted by atomic mass is 35.5. The van der Waals surface area contributed by atoms with E-state index in [1.807, 2.05) is 12.1 Å². The molecule has 2 unspecified atom stereocenters. The summed E-state index contributed by atoms with van der Waals surface area (Å²) in [5, 5.41) is 4.55. The summed E-state index contributed by atoms with van der Waals surface area (Å²) in [5.41, 5.74) is 1.33. The molecule has 3 nitrogen and oxygen atoms in total. The summed E-state index contributed by atoms with van der Waals surface area (Å²) in [6, 6.07) is 9.16. The fraction of sp³-hybridized carbons (Fsp3) is 0.647. The van der Waals surface area contributed by atoms with Gasteiger partial charge in [0.1, 0.15) is 0 Å². The molecule has 0 spiro atoms. The molecule has 1 aliphatic rings. The summed E-state index contributed by atoms with van der Waals surface area (Å²) in [5.74, 6) is 0. The maximum atomic E-state index is 6.05. The van der Waals surface area contributed by atoms with Gasteiger partial charge in [-0.15, -0.1) is 0 Å². The quantitative estimate of drug-likeness (QED) is 0.902. The van der Waals surface area contributed by atoms with Crippen molar-refractivity contribution in [2.45, 2.75) is 31.8 Å². The highest BCUT2D eigenvalue weighted by Crippen LogP contribution is 2.24. The summed E-state index contributed by atoms with van der Waals surface area (Å²) < 4.78 is 0. The van der Waals surface area contributed by atoms with E-state index < -0.39 is 0 Å². The molecule has 0 amide bonds. The molecule has 1 aromatic carbocycles. The Morgan fingerprint density at radius 1 is 1.24 bits per heavy atom. The third kappa shape index (κ3) is 4.68. The minimum atomic E-state index is 0.354. The van der Waals surface area contributed by atoms with Crippen molar-refractivity contribution in [3.63, 3.8) is 0 Å². The van der Waals surface area contributed by atoms with Gasteiger partial charge in [-0.05, 0) is 64.3 Å². The maximum Gasteiger partial charge on any atom is 0.0490 e. The Hall–Kier alpha value is -0.610. The maximum absolute atomic E-state index is 6.05. The second-order valence-corrected chi connectivity index (χ2v) is 6.58. The zero-order valence-electron chi connectivity index (χ0n) is 13.5. The Balaban J connectivity index is 2.22. The molecule has 0 radical (unpaired) electrons. The lowest BCUT2D eigenvalue weighted by molar-refractivity contribution is 0.178. The molecule has 1 saturated heterocycles. The minimum Gasteiger partial charge on any atom is -0.309 e. The lowest BCUT2D eigenvalue weighted by atomic mass is 9.97. The van der Waals surface area contributed by atoms with Gasteiger partial charge in [-0.2, -0.15) is 0 Å². The normalized spacial score (nSPS) is 23.0. The van der Waals surface area contributed by atoms with Crippen LogP contribution in [0.15, 0.2) is 24.3 Å². The third-order valence-electron chi connectivity index (χ3n) is 4.34. The van der Waals surface area contributed by atoms with Gasteiger partial charge in [-0.25, -0.2) is 0 Å².